The molecule has 6 rings (SSSR count). The van der Waals surface area contributed by atoms with Gasteiger partial charge in [-0.15, -0.1) is 10.2 Å². The maximum absolute atomic E-state index is 13.0. The van der Waals surface area contributed by atoms with Gasteiger partial charge in [-0.25, -0.2) is 0 Å². The van der Waals surface area contributed by atoms with E-state index in [1.165, 1.54) is 24.0 Å². The number of hydrogen-bond acceptors (Lipinski definition) is 3. The second-order valence-electron chi connectivity index (χ2n) is 10.7. The Balaban J connectivity index is 1.66. The van der Waals surface area contributed by atoms with Crippen LogP contribution in [-0.4, -0.2) is 19.3 Å². The molecule has 6 heteroatoms. The van der Waals surface area contributed by atoms with Crippen molar-refractivity contribution in [3.8, 4) is 11.1 Å². The highest BCUT2D eigenvalue weighted by molar-refractivity contribution is 6.30. The summed E-state index contributed by atoms with van der Waals surface area (Å²) >= 11 is 6.38. The Morgan fingerprint density at radius 3 is 2.55 bits per heavy atom. The lowest BCUT2D eigenvalue weighted by Gasteiger charge is -2.38. The minimum Gasteiger partial charge on any atom is -0.320 e. The molecule has 0 aliphatic heterocycles. The van der Waals surface area contributed by atoms with Crippen LogP contribution in [0.25, 0.3) is 23.3 Å². The summed E-state index contributed by atoms with van der Waals surface area (Å²) in [6, 6.07) is 18.3. The molecule has 0 bridgehead atoms. The van der Waals surface area contributed by atoms with Gasteiger partial charge in [0.2, 0.25) is 0 Å². The molecule has 2 aliphatic carbocycles. The summed E-state index contributed by atoms with van der Waals surface area (Å²) in [5.74, 6) is 1.56. The first-order valence-corrected chi connectivity index (χ1v) is 13.5. The van der Waals surface area contributed by atoms with Crippen LogP contribution < -0.4 is 16.1 Å². The van der Waals surface area contributed by atoms with E-state index in [1.807, 2.05) is 42.9 Å². The van der Waals surface area contributed by atoms with Crippen LogP contribution in [0.1, 0.15) is 36.2 Å². The first-order chi connectivity index (χ1) is 18.4. The topological polar surface area (TPSA) is 52.7 Å². The van der Waals surface area contributed by atoms with E-state index < -0.39 is 5.41 Å². The van der Waals surface area contributed by atoms with Crippen LogP contribution in [0, 0.1) is 18.8 Å². The van der Waals surface area contributed by atoms with Gasteiger partial charge in [0.25, 0.3) is 5.56 Å². The van der Waals surface area contributed by atoms with Gasteiger partial charge in [0.05, 0.1) is 5.41 Å². The molecule has 1 fully saturated rings. The Bertz CT molecular complexity index is 1730. The van der Waals surface area contributed by atoms with Gasteiger partial charge in [-0.05, 0) is 60.9 Å². The average Bonchev–Trinajstić information content (AvgIpc) is 3.65. The monoisotopic (exact) mass is 522 g/mol. The summed E-state index contributed by atoms with van der Waals surface area (Å²) < 4.78 is 3.78. The van der Waals surface area contributed by atoms with Crippen molar-refractivity contribution in [2.45, 2.75) is 31.6 Å². The van der Waals surface area contributed by atoms with Gasteiger partial charge < -0.3 is 9.13 Å². The van der Waals surface area contributed by atoms with Crippen molar-refractivity contribution in [3.63, 3.8) is 0 Å². The number of rotatable bonds is 6. The molecule has 4 aromatic rings. The minimum atomic E-state index is -0.532. The summed E-state index contributed by atoms with van der Waals surface area (Å²) in [5, 5.41) is 11.6. The van der Waals surface area contributed by atoms with Gasteiger partial charge in [0.15, 0.2) is 0 Å². The zero-order valence-corrected chi connectivity index (χ0v) is 22.7. The van der Waals surface area contributed by atoms with Crippen LogP contribution in [0.15, 0.2) is 77.9 Å². The smallest absolute Gasteiger partial charge is 0.251 e. The second-order valence-corrected chi connectivity index (χ2v) is 11.1. The lowest BCUT2D eigenvalue weighted by Crippen LogP contribution is -2.47. The predicted octanol–water partition coefficient (Wildman–Crippen LogP) is 4.68. The highest BCUT2D eigenvalue weighted by atomic mass is 35.5. The third-order valence-electron chi connectivity index (χ3n) is 8.04. The number of allylic oxidation sites excluding steroid dienone is 2. The second kappa shape index (κ2) is 9.55. The van der Waals surface area contributed by atoms with Crippen molar-refractivity contribution < 1.29 is 0 Å². The molecule has 0 spiro atoms. The molecule has 192 valence electrons. The molecule has 2 atom stereocenters. The van der Waals surface area contributed by atoms with Crippen LogP contribution in [0.5, 0.6) is 0 Å². The molecule has 2 heterocycles. The van der Waals surface area contributed by atoms with Crippen LogP contribution in [0.3, 0.4) is 0 Å². The third kappa shape index (κ3) is 4.25. The van der Waals surface area contributed by atoms with Gasteiger partial charge in [-0.3, -0.25) is 4.79 Å². The van der Waals surface area contributed by atoms with Crippen LogP contribution in [-0.2, 0) is 19.5 Å². The number of aryl methyl sites for hydroxylation is 2. The minimum absolute atomic E-state index is 0.0337. The van der Waals surface area contributed by atoms with E-state index in [9.17, 15) is 4.79 Å². The lowest BCUT2D eigenvalue weighted by molar-refractivity contribution is 0.450. The van der Waals surface area contributed by atoms with Crippen molar-refractivity contribution in [2.75, 3.05) is 0 Å². The Labute approximate surface area is 227 Å². The summed E-state index contributed by atoms with van der Waals surface area (Å²) in [5.41, 5.74) is 3.67. The van der Waals surface area contributed by atoms with Crippen LogP contribution in [0.4, 0.5) is 0 Å². The SMILES string of the molecule is Cc1ccc(C(C=CC2CC2)(c2nncn2C)C2C=c3c(-c4cccc(Cl)c4)cc(=O)n(C)c3=CC2)cc1. The van der Waals surface area contributed by atoms with Crippen LogP contribution in [0.2, 0.25) is 5.02 Å². The maximum atomic E-state index is 13.0. The molecule has 38 heavy (non-hydrogen) atoms. The van der Waals surface area contributed by atoms with E-state index in [1.54, 1.807) is 17.0 Å². The molecular weight excluding hydrogens is 492 g/mol. The summed E-state index contributed by atoms with van der Waals surface area (Å²) in [6.07, 6.45) is 14.3. The Morgan fingerprint density at radius 1 is 1.08 bits per heavy atom. The van der Waals surface area contributed by atoms with Gasteiger partial charge in [0, 0.05) is 41.7 Å². The molecule has 2 aromatic carbocycles. The summed E-state index contributed by atoms with van der Waals surface area (Å²) in [4.78, 5) is 13.0. The Morgan fingerprint density at radius 2 is 1.87 bits per heavy atom. The van der Waals surface area contributed by atoms with Crippen molar-refractivity contribution in [1.82, 2.24) is 19.3 Å². The fourth-order valence-electron chi connectivity index (χ4n) is 5.74. The summed E-state index contributed by atoms with van der Waals surface area (Å²) in [7, 11) is 3.86. The van der Waals surface area contributed by atoms with Gasteiger partial charge in [-0.1, -0.05) is 77.9 Å². The molecule has 5 nitrogen and oxygen atoms in total. The molecule has 2 aliphatic rings. The largest absolute Gasteiger partial charge is 0.320 e. The molecule has 0 radical (unpaired) electrons. The van der Waals surface area contributed by atoms with Crippen molar-refractivity contribution in [2.24, 2.45) is 25.9 Å². The highest BCUT2D eigenvalue weighted by Crippen LogP contribution is 2.45. The first-order valence-electron chi connectivity index (χ1n) is 13.2. The molecule has 0 amide bonds. The zero-order chi connectivity index (χ0) is 26.4. The molecule has 1 saturated carbocycles. The van der Waals surface area contributed by atoms with E-state index in [0.29, 0.717) is 10.9 Å². The van der Waals surface area contributed by atoms with E-state index in [4.69, 9.17) is 16.7 Å². The van der Waals surface area contributed by atoms with E-state index in [-0.39, 0.29) is 11.5 Å². The highest BCUT2D eigenvalue weighted by Gasteiger charge is 2.43. The molecule has 2 aromatic heterocycles. The number of hydrogen-bond donors (Lipinski definition) is 0. The number of nitrogens with zero attached hydrogens (tertiary/aromatic N) is 4. The van der Waals surface area contributed by atoms with E-state index in [0.717, 1.165) is 33.9 Å². The van der Waals surface area contributed by atoms with Gasteiger partial charge >= 0.3 is 0 Å². The van der Waals surface area contributed by atoms with Crippen LogP contribution >= 0.6 is 11.6 Å². The van der Waals surface area contributed by atoms with Crippen molar-refractivity contribution >= 4 is 23.8 Å². The number of benzene rings is 2. The molecule has 2 unspecified atom stereocenters. The fraction of sp³-hybridized carbons (Fsp3) is 0.281. The van der Waals surface area contributed by atoms with Crippen molar-refractivity contribution in [1.29, 1.82) is 0 Å². The van der Waals surface area contributed by atoms with Gasteiger partial charge in [-0.2, -0.15) is 0 Å². The predicted molar refractivity (Wildman–Crippen MR) is 153 cm³/mol. The number of halogens is 1. The first kappa shape index (κ1) is 24.6. The standard InChI is InChI=1S/C32H31ClN4O/c1-21-7-11-24(12-8-21)32(16-15-22-9-10-22,31-35-34-20-36(31)2)25-13-14-29-28(18-25)27(19-30(38)37(29)3)23-5-4-6-26(33)17-23/h4-8,11-12,14-20,22,25H,9-10,13H2,1-3H3. The molecular formula is C32H31ClN4O. The van der Waals surface area contributed by atoms with E-state index >= 15 is 0 Å². The molecule has 0 N–H and O–H groups in total. The number of pyridine rings is 1. The van der Waals surface area contributed by atoms with E-state index in [2.05, 4.69) is 60.6 Å². The normalized spacial score (nSPS) is 18.5. The molecule has 0 saturated heterocycles. The maximum Gasteiger partial charge on any atom is 0.251 e. The Kier molecular flexibility index (Phi) is 6.19. The lowest BCUT2D eigenvalue weighted by atomic mass is 9.66. The van der Waals surface area contributed by atoms with Gasteiger partial charge in [0.1, 0.15) is 12.2 Å². The Hall–Kier alpha value is -3.70. The number of aromatic nitrogens is 4. The quantitative estimate of drug-likeness (QED) is 0.346. The zero-order valence-electron chi connectivity index (χ0n) is 21.9. The summed E-state index contributed by atoms with van der Waals surface area (Å²) in [6.45, 7) is 2.11. The third-order valence-corrected chi connectivity index (χ3v) is 8.28. The van der Waals surface area contributed by atoms with Crippen molar-refractivity contribution in [3.05, 3.63) is 116 Å². The fourth-order valence-corrected chi connectivity index (χ4v) is 5.93. The number of fused-ring (bicyclic) bond motifs is 1. The average molecular weight is 523 g/mol.